The maximum atomic E-state index is 11.2. The maximum absolute atomic E-state index is 11.2. The topological polar surface area (TPSA) is 85.9 Å². The summed E-state index contributed by atoms with van der Waals surface area (Å²) in [5.41, 5.74) is 0.883. The first-order valence-electron chi connectivity index (χ1n) is 6.00. The van der Waals surface area contributed by atoms with Crippen molar-refractivity contribution in [3.05, 3.63) is 37.2 Å². The van der Waals surface area contributed by atoms with E-state index in [9.17, 15) is 8.42 Å². The van der Waals surface area contributed by atoms with Gasteiger partial charge < -0.3 is 0 Å². The summed E-state index contributed by atoms with van der Waals surface area (Å²) in [6, 6.07) is 3.75. The lowest BCUT2D eigenvalue weighted by Gasteiger charge is -2.00. The van der Waals surface area contributed by atoms with Gasteiger partial charge in [-0.05, 0) is 0 Å². The summed E-state index contributed by atoms with van der Waals surface area (Å²) in [6.45, 7) is 0.597. The van der Waals surface area contributed by atoms with Gasteiger partial charge >= 0.3 is 0 Å². The molecular formula is C12H15N4O3S+. The van der Waals surface area contributed by atoms with Crippen LogP contribution in [0.1, 0.15) is 6.42 Å². The van der Waals surface area contributed by atoms with Gasteiger partial charge in [0.05, 0.1) is 12.9 Å². The summed E-state index contributed by atoms with van der Waals surface area (Å²) < 4.78 is 28.6. The van der Waals surface area contributed by atoms with Crippen LogP contribution in [0.15, 0.2) is 37.2 Å². The van der Waals surface area contributed by atoms with Gasteiger partial charge in [0.2, 0.25) is 0 Å². The fourth-order valence-corrected chi connectivity index (χ4v) is 2.30. The number of hydrogen-bond donors (Lipinski definition) is 0. The van der Waals surface area contributed by atoms with Crippen molar-refractivity contribution in [1.29, 1.82) is 0 Å². The fraction of sp³-hybridized carbons (Fsp3) is 0.333. The van der Waals surface area contributed by atoms with Gasteiger partial charge in [-0.25, -0.2) is 19.5 Å². The molecule has 0 saturated heterocycles. The zero-order valence-electron chi connectivity index (χ0n) is 11.0. The van der Waals surface area contributed by atoms with Crippen LogP contribution in [0.5, 0.6) is 0 Å². The molecule has 0 aliphatic heterocycles. The van der Waals surface area contributed by atoms with Crippen LogP contribution in [-0.4, -0.2) is 36.2 Å². The molecule has 8 heteroatoms. The Balaban J connectivity index is 1.96. The summed E-state index contributed by atoms with van der Waals surface area (Å²) in [7, 11) is -2.21. The molecule has 7 nitrogen and oxygen atoms in total. The lowest BCUT2D eigenvalue weighted by molar-refractivity contribution is -0.696. The number of nitrogens with zero attached hydrogens (tertiary/aromatic N) is 4. The molecule has 0 amide bonds. The van der Waals surface area contributed by atoms with E-state index in [4.69, 9.17) is 0 Å². The highest BCUT2D eigenvalue weighted by atomic mass is 32.2. The third-order valence-electron chi connectivity index (χ3n) is 2.71. The molecule has 0 radical (unpaired) electrons. The van der Waals surface area contributed by atoms with Crippen LogP contribution in [0.25, 0.3) is 11.4 Å². The zero-order chi connectivity index (χ0) is 14.4. The minimum Gasteiger partial charge on any atom is -0.273 e. The van der Waals surface area contributed by atoms with Crippen molar-refractivity contribution in [3.8, 4) is 11.4 Å². The number of hydrogen-bond acceptors (Lipinski definition) is 6. The first-order chi connectivity index (χ1) is 9.61. The Hall–Kier alpha value is -1.93. The molecule has 0 spiro atoms. The predicted molar refractivity (Wildman–Crippen MR) is 70.9 cm³/mol. The Morgan fingerprint density at radius 1 is 1.20 bits per heavy atom. The lowest BCUT2D eigenvalue weighted by Crippen LogP contribution is -2.33. The molecule has 0 fully saturated rings. The summed E-state index contributed by atoms with van der Waals surface area (Å²) in [4.78, 5) is 11.9. The standard InChI is InChI=1S/C12H15N4O3S/c1-19-20(17,18)8-2-5-16-6-3-11(4-7-16)12-14-9-13-10-15-12/h3-4,6-7,9-10H,2,5,8H2,1H3/q+1. The fourth-order valence-electron chi connectivity index (χ4n) is 1.65. The van der Waals surface area contributed by atoms with E-state index < -0.39 is 10.1 Å². The quantitative estimate of drug-likeness (QED) is 0.558. The number of rotatable bonds is 6. The summed E-state index contributed by atoms with van der Waals surface area (Å²) >= 11 is 0. The highest BCUT2D eigenvalue weighted by molar-refractivity contribution is 7.86. The molecule has 0 aliphatic carbocycles. The molecule has 0 aliphatic rings. The zero-order valence-corrected chi connectivity index (χ0v) is 11.8. The molecule has 2 aromatic heterocycles. The smallest absolute Gasteiger partial charge is 0.267 e. The van der Waals surface area contributed by atoms with Gasteiger partial charge in [0, 0.05) is 24.1 Å². The Morgan fingerprint density at radius 2 is 1.85 bits per heavy atom. The van der Waals surface area contributed by atoms with Crippen LogP contribution >= 0.6 is 0 Å². The molecule has 0 saturated carbocycles. The van der Waals surface area contributed by atoms with Crippen molar-refractivity contribution in [2.24, 2.45) is 0 Å². The van der Waals surface area contributed by atoms with E-state index >= 15 is 0 Å². The van der Waals surface area contributed by atoms with E-state index in [1.807, 2.05) is 29.1 Å². The van der Waals surface area contributed by atoms with Gasteiger partial charge in [-0.3, -0.25) is 4.18 Å². The molecule has 106 valence electrons. The molecule has 0 atom stereocenters. The predicted octanol–water partition coefficient (Wildman–Crippen LogP) is 0.192. The van der Waals surface area contributed by atoms with Crippen molar-refractivity contribution in [2.75, 3.05) is 12.9 Å². The second-order valence-electron chi connectivity index (χ2n) is 4.07. The summed E-state index contributed by atoms with van der Waals surface area (Å²) in [6.07, 6.45) is 7.10. The van der Waals surface area contributed by atoms with Crippen molar-refractivity contribution in [2.45, 2.75) is 13.0 Å². The van der Waals surface area contributed by atoms with Crippen LogP contribution < -0.4 is 4.57 Å². The Morgan fingerprint density at radius 3 is 2.45 bits per heavy atom. The van der Waals surface area contributed by atoms with Crippen LogP contribution in [0.4, 0.5) is 0 Å². The van der Waals surface area contributed by atoms with Crippen LogP contribution in [-0.2, 0) is 20.8 Å². The van der Waals surface area contributed by atoms with Crippen molar-refractivity contribution < 1.29 is 17.2 Å². The molecule has 2 heterocycles. The molecule has 0 unspecified atom stereocenters. The monoisotopic (exact) mass is 295 g/mol. The van der Waals surface area contributed by atoms with Gasteiger partial charge in [-0.15, -0.1) is 0 Å². The van der Waals surface area contributed by atoms with Gasteiger partial charge in [0.15, 0.2) is 18.2 Å². The average molecular weight is 295 g/mol. The second-order valence-corrected chi connectivity index (χ2v) is 5.93. The van der Waals surface area contributed by atoms with E-state index in [1.165, 1.54) is 19.8 Å². The molecule has 0 aromatic carbocycles. The molecule has 2 rings (SSSR count). The van der Waals surface area contributed by atoms with E-state index in [0.29, 0.717) is 18.8 Å². The van der Waals surface area contributed by atoms with E-state index in [0.717, 1.165) is 5.56 Å². The molecule has 2 aromatic rings. The summed E-state index contributed by atoms with van der Waals surface area (Å²) in [5, 5.41) is 0. The van der Waals surface area contributed by atoms with Crippen molar-refractivity contribution in [1.82, 2.24) is 15.0 Å². The number of aryl methyl sites for hydroxylation is 1. The third-order valence-corrected chi connectivity index (χ3v) is 4.00. The van der Waals surface area contributed by atoms with Gasteiger partial charge in [-0.2, -0.15) is 8.42 Å². The van der Waals surface area contributed by atoms with Crippen LogP contribution in [0.3, 0.4) is 0 Å². The molecule has 0 bridgehead atoms. The maximum Gasteiger partial charge on any atom is 0.267 e. The van der Waals surface area contributed by atoms with E-state index in [-0.39, 0.29) is 5.75 Å². The number of pyridine rings is 1. The van der Waals surface area contributed by atoms with Crippen LogP contribution in [0, 0.1) is 0 Å². The molecule has 0 N–H and O–H groups in total. The highest BCUT2D eigenvalue weighted by Crippen LogP contribution is 2.09. The van der Waals surface area contributed by atoms with E-state index in [1.54, 1.807) is 0 Å². The Kier molecular flexibility index (Phi) is 4.70. The largest absolute Gasteiger partial charge is 0.273 e. The Labute approximate surface area is 117 Å². The minimum atomic E-state index is -3.38. The molecular weight excluding hydrogens is 280 g/mol. The summed E-state index contributed by atoms with van der Waals surface area (Å²) in [5.74, 6) is 0.611. The second kappa shape index (κ2) is 6.49. The normalized spacial score (nSPS) is 11.4. The first kappa shape index (κ1) is 14.5. The highest BCUT2D eigenvalue weighted by Gasteiger charge is 2.10. The van der Waals surface area contributed by atoms with E-state index in [2.05, 4.69) is 19.1 Å². The third kappa shape index (κ3) is 4.04. The molecule has 20 heavy (non-hydrogen) atoms. The number of aromatic nitrogens is 4. The Bertz CT molecular complexity index is 644. The van der Waals surface area contributed by atoms with Gasteiger partial charge in [0.1, 0.15) is 19.2 Å². The lowest BCUT2D eigenvalue weighted by atomic mass is 10.2. The van der Waals surface area contributed by atoms with Crippen molar-refractivity contribution >= 4 is 10.1 Å². The van der Waals surface area contributed by atoms with Crippen molar-refractivity contribution in [3.63, 3.8) is 0 Å². The average Bonchev–Trinajstić information content (AvgIpc) is 2.49. The van der Waals surface area contributed by atoms with Gasteiger partial charge in [0.25, 0.3) is 10.1 Å². The first-order valence-corrected chi connectivity index (χ1v) is 7.58. The minimum absolute atomic E-state index is 0.00567. The SMILES string of the molecule is COS(=O)(=O)CCC[n+]1ccc(-c2ncncn2)cc1. The van der Waals surface area contributed by atoms with Crippen LogP contribution in [0.2, 0.25) is 0 Å². The van der Waals surface area contributed by atoms with Gasteiger partial charge in [-0.1, -0.05) is 0 Å².